The molecule has 0 radical (unpaired) electrons. The van der Waals surface area contributed by atoms with Crippen molar-refractivity contribution in [2.24, 2.45) is 0 Å². The Morgan fingerprint density at radius 2 is 1.95 bits per heavy atom. The fourth-order valence-electron chi connectivity index (χ4n) is 2.39. The first-order chi connectivity index (χ1) is 9.49. The van der Waals surface area contributed by atoms with Crippen LogP contribution in [0.4, 0.5) is 0 Å². The van der Waals surface area contributed by atoms with Crippen molar-refractivity contribution < 1.29 is 14.7 Å². The van der Waals surface area contributed by atoms with Gasteiger partial charge in [0.15, 0.2) is 0 Å². The molecule has 1 amide bonds. The number of aliphatic carboxylic acids is 1. The molecule has 2 N–H and O–H groups in total. The Balaban J connectivity index is 1.94. The Labute approximate surface area is 118 Å². The molecule has 0 aliphatic heterocycles. The van der Waals surface area contributed by atoms with Gasteiger partial charge in [-0.05, 0) is 37.8 Å². The van der Waals surface area contributed by atoms with E-state index in [4.69, 9.17) is 5.11 Å². The number of hydrogen-bond acceptors (Lipinski definition) is 2. The van der Waals surface area contributed by atoms with Crippen molar-refractivity contribution in [2.75, 3.05) is 0 Å². The van der Waals surface area contributed by atoms with Crippen LogP contribution in [0.3, 0.4) is 0 Å². The molecule has 4 heteroatoms. The second-order valence-corrected chi connectivity index (χ2v) is 5.44. The van der Waals surface area contributed by atoms with Gasteiger partial charge in [-0.1, -0.05) is 29.8 Å². The van der Waals surface area contributed by atoms with Crippen LogP contribution in [0.1, 0.15) is 36.8 Å². The Bertz CT molecular complexity index is 527. The minimum absolute atomic E-state index is 0.00287. The summed E-state index contributed by atoms with van der Waals surface area (Å²) in [6, 6.07) is 7.84. The molecule has 0 heterocycles. The minimum Gasteiger partial charge on any atom is -0.481 e. The number of benzene rings is 1. The zero-order valence-electron chi connectivity index (χ0n) is 11.6. The molecule has 20 heavy (non-hydrogen) atoms. The van der Waals surface area contributed by atoms with Gasteiger partial charge in [-0.15, -0.1) is 0 Å². The highest BCUT2D eigenvalue weighted by atomic mass is 16.4. The smallest absolute Gasteiger partial charge is 0.305 e. The van der Waals surface area contributed by atoms with Crippen LogP contribution in [0, 0.1) is 6.92 Å². The summed E-state index contributed by atoms with van der Waals surface area (Å²) in [4.78, 5) is 22.7. The first kappa shape index (κ1) is 14.3. The molecular formula is C16H19NO3. The third-order valence-electron chi connectivity index (χ3n) is 3.69. The highest BCUT2D eigenvalue weighted by molar-refractivity contribution is 5.92. The minimum atomic E-state index is -0.868. The van der Waals surface area contributed by atoms with Crippen LogP contribution in [0.25, 0.3) is 6.08 Å². The van der Waals surface area contributed by atoms with Gasteiger partial charge in [0.1, 0.15) is 0 Å². The average Bonchev–Trinajstić information content (AvgIpc) is 2.35. The molecule has 1 saturated carbocycles. The number of carbonyl (C=O) groups excluding carboxylic acids is 1. The molecule has 2 rings (SSSR count). The predicted octanol–water partition coefficient (Wildman–Crippen LogP) is 2.52. The molecule has 4 nitrogen and oxygen atoms in total. The van der Waals surface area contributed by atoms with Crippen molar-refractivity contribution in [3.63, 3.8) is 0 Å². The topological polar surface area (TPSA) is 66.4 Å². The zero-order chi connectivity index (χ0) is 14.6. The van der Waals surface area contributed by atoms with Gasteiger partial charge >= 0.3 is 5.97 Å². The van der Waals surface area contributed by atoms with E-state index >= 15 is 0 Å². The number of rotatable bonds is 5. The molecule has 1 aliphatic carbocycles. The van der Waals surface area contributed by atoms with E-state index in [0.717, 1.165) is 24.8 Å². The molecule has 0 spiro atoms. The van der Waals surface area contributed by atoms with Gasteiger partial charge in [0, 0.05) is 6.08 Å². The average molecular weight is 273 g/mol. The van der Waals surface area contributed by atoms with Gasteiger partial charge in [-0.2, -0.15) is 0 Å². The molecule has 0 saturated heterocycles. The Morgan fingerprint density at radius 1 is 1.30 bits per heavy atom. The molecule has 106 valence electrons. The highest BCUT2D eigenvalue weighted by Crippen LogP contribution is 2.34. The first-order valence-electron chi connectivity index (χ1n) is 6.78. The molecule has 0 bridgehead atoms. The van der Waals surface area contributed by atoms with Crippen LogP contribution in [-0.2, 0) is 9.59 Å². The van der Waals surface area contributed by atoms with Crippen LogP contribution < -0.4 is 5.32 Å². The maximum atomic E-state index is 11.9. The molecule has 0 aromatic heterocycles. The lowest BCUT2D eigenvalue weighted by Gasteiger charge is -2.41. The van der Waals surface area contributed by atoms with Gasteiger partial charge < -0.3 is 10.4 Å². The van der Waals surface area contributed by atoms with Crippen LogP contribution in [0.15, 0.2) is 30.3 Å². The van der Waals surface area contributed by atoms with Gasteiger partial charge in [0.05, 0.1) is 12.0 Å². The lowest BCUT2D eigenvalue weighted by Crippen LogP contribution is -2.54. The van der Waals surface area contributed by atoms with Gasteiger partial charge in [-0.3, -0.25) is 9.59 Å². The summed E-state index contributed by atoms with van der Waals surface area (Å²) in [7, 11) is 0. The molecule has 1 aromatic rings. The van der Waals surface area contributed by atoms with Crippen molar-refractivity contribution >= 4 is 18.0 Å². The molecule has 1 aromatic carbocycles. The second-order valence-electron chi connectivity index (χ2n) is 5.44. The van der Waals surface area contributed by atoms with Crippen molar-refractivity contribution in [2.45, 2.75) is 38.1 Å². The summed E-state index contributed by atoms with van der Waals surface area (Å²) >= 11 is 0. The van der Waals surface area contributed by atoms with Crippen LogP contribution in [-0.4, -0.2) is 22.5 Å². The Morgan fingerprint density at radius 3 is 2.45 bits per heavy atom. The van der Waals surface area contributed by atoms with Gasteiger partial charge in [-0.25, -0.2) is 0 Å². The molecular weight excluding hydrogens is 254 g/mol. The lowest BCUT2D eigenvalue weighted by atomic mass is 9.74. The van der Waals surface area contributed by atoms with Crippen LogP contribution in [0.2, 0.25) is 0 Å². The molecule has 0 atom stereocenters. The summed E-state index contributed by atoms with van der Waals surface area (Å²) in [6.45, 7) is 2.01. The maximum absolute atomic E-state index is 11.9. The van der Waals surface area contributed by atoms with Crippen molar-refractivity contribution in [3.8, 4) is 0 Å². The van der Waals surface area contributed by atoms with E-state index in [-0.39, 0.29) is 12.3 Å². The lowest BCUT2D eigenvalue weighted by molar-refractivity contribution is -0.140. The number of nitrogens with one attached hydrogen (secondary N) is 1. The molecule has 1 aliphatic rings. The van der Waals surface area contributed by atoms with E-state index in [0.29, 0.717) is 0 Å². The van der Waals surface area contributed by atoms with Crippen molar-refractivity contribution in [1.29, 1.82) is 0 Å². The number of carboxylic acid groups (broad SMARTS) is 1. The third kappa shape index (κ3) is 3.70. The zero-order valence-corrected chi connectivity index (χ0v) is 11.6. The SMILES string of the molecule is Cc1ccc(C=CC(=O)NC2(CC(=O)O)CCC2)cc1. The van der Waals surface area contributed by atoms with E-state index in [2.05, 4.69) is 5.32 Å². The number of amides is 1. The highest BCUT2D eigenvalue weighted by Gasteiger charge is 2.39. The maximum Gasteiger partial charge on any atom is 0.305 e. The summed E-state index contributed by atoms with van der Waals surface area (Å²) in [6.07, 6.45) is 5.65. The second kappa shape index (κ2) is 5.90. The number of carboxylic acids is 1. The standard InChI is InChI=1S/C16H19NO3/c1-12-3-5-13(6-4-12)7-8-14(18)17-16(9-2-10-16)11-15(19)20/h3-8H,2,9-11H2,1H3,(H,17,18)(H,19,20). The van der Waals surface area contributed by atoms with Crippen molar-refractivity contribution in [1.82, 2.24) is 5.32 Å². The number of carbonyl (C=O) groups is 2. The number of hydrogen-bond donors (Lipinski definition) is 2. The van der Waals surface area contributed by atoms with Crippen LogP contribution in [0.5, 0.6) is 0 Å². The van der Waals surface area contributed by atoms with E-state index in [9.17, 15) is 9.59 Å². The quantitative estimate of drug-likeness (QED) is 0.810. The molecule has 0 unspecified atom stereocenters. The first-order valence-corrected chi connectivity index (χ1v) is 6.78. The van der Waals surface area contributed by atoms with Crippen molar-refractivity contribution in [3.05, 3.63) is 41.5 Å². The van der Waals surface area contributed by atoms with Crippen LogP contribution >= 0.6 is 0 Å². The summed E-state index contributed by atoms with van der Waals surface area (Å²) in [5.74, 6) is -1.10. The summed E-state index contributed by atoms with van der Waals surface area (Å²) in [5, 5.41) is 11.7. The van der Waals surface area contributed by atoms with Gasteiger partial charge in [0.2, 0.25) is 5.91 Å². The predicted molar refractivity (Wildman–Crippen MR) is 77.2 cm³/mol. The fourth-order valence-corrected chi connectivity index (χ4v) is 2.39. The Hall–Kier alpha value is -2.10. The normalized spacial score (nSPS) is 16.6. The van der Waals surface area contributed by atoms with E-state index in [1.165, 1.54) is 11.6 Å². The van der Waals surface area contributed by atoms with E-state index in [1.807, 2.05) is 31.2 Å². The molecule has 1 fully saturated rings. The monoisotopic (exact) mass is 273 g/mol. The summed E-state index contributed by atoms with van der Waals surface area (Å²) < 4.78 is 0. The van der Waals surface area contributed by atoms with E-state index < -0.39 is 11.5 Å². The van der Waals surface area contributed by atoms with E-state index in [1.54, 1.807) is 6.08 Å². The number of aryl methyl sites for hydroxylation is 1. The largest absolute Gasteiger partial charge is 0.481 e. The summed E-state index contributed by atoms with van der Waals surface area (Å²) in [5.41, 5.74) is 1.58. The third-order valence-corrected chi connectivity index (χ3v) is 3.69. The van der Waals surface area contributed by atoms with Gasteiger partial charge in [0.25, 0.3) is 0 Å². The Kier molecular flexibility index (Phi) is 4.23. The fraction of sp³-hybridized carbons (Fsp3) is 0.375.